The molecule has 8 heavy (non-hydrogen) atoms. The normalized spacial score (nSPS) is 14.5. The van der Waals surface area contributed by atoms with E-state index in [2.05, 4.69) is 24.8 Å². The molecule has 0 radical (unpaired) electrons. The molecule has 1 aliphatic carbocycles. The van der Waals surface area contributed by atoms with Gasteiger partial charge in [-0.05, 0) is 13.8 Å². The summed E-state index contributed by atoms with van der Waals surface area (Å²) in [6.45, 7) is 6.63. The van der Waals surface area contributed by atoms with E-state index in [1.54, 1.807) is 0 Å². The highest BCUT2D eigenvalue weighted by Crippen LogP contribution is 2.20. The lowest BCUT2D eigenvalue weighted by molar-refractivity contribution is 0.396. The van der Waals surface area contributed by atoms with Gasteiger partial charge in [-0.2, -0.15) is 0 Å². The summed E-state index contributed by atoms with van der Waals surface area (Å²) in [7, 11) is 0. The molecular weight excluding hydrogens is 98.1 g/mol. The van der Waals surface area contributed by atoms with Crippen LogP contribution in [0.2, 0.25) is 0 Å². The molecule has 1 rings (SSSR count). The van der Waals surface area contributed by atoms with Crippen molar-refractivity contribution in [2.75, 3.05) is 13.1 Å². The van der Waals surface area contributed by atoms with Crippen molar-refractivity contribution in [3.8, 4) is 0 Å². The zero-order valence-electron chi connectivity index (χ0n) is 5.57. The molecule has 1 aliphatic rings. The van der Waals surface area contributed by atoms with Crippen LogP contribution >= 0.6 is 0 Å². The van der Waals surface area contributed by atoms with Gasteiger partial charge in [0.2, 0.25) is 0 Å². The maximum atomic E-state index is 3.18. The molecule has 0 saturated carbocycles. The van der Waals surface area contributed by atoms with Crippen molar-refractivity contribution in [2.24, 2.45) is 0 Å². The highest BCUT2D eigenvalue weighted by molar-refractivity contribution is 5.13. The average Bonchev–Trinajstić information content (AvgIpc) is 2.53. The van der Waals surface area contributed by atoms with Crippen molar-refractivity contribution in [1.29, 1.82) is 0 Å². The van der Waals surface area contributed by atoms with Crippen LogP contribution in [-0.2, 0) is 0 Å². The van der Waals surface area contributed by atoms with Gasteiger partial charge in [-0.1, -0.05) is 0 Å². The second-order valence-corrected chi connectivity index (χ2v) is 1.97. The molecule has 0 heterocycles. The summed E-state index contributed by atoms with van der Waals surface area (Å²) in [6.07, 6.45) is 4.29. The van der Waals surface area contributed by atoms with E-state index in [4.69, 9.17) is 0 Å². The van der Waals surface area contributed by atoms with Crippen LogP contribution in [0.4, 0.5) is 0 Å². The molecule has 0 aromatic carbocycles. The molecule has 1 heteroatoms. The number of rotatable bonds is 3. The minimum Gasteiger partial charge on any atom is -0.329 e. The van der Waals surface area contributed by atoms with Crippen molar-refractivity contribution in [3.63, 3.8) is 0 Å². The molecule has 0 atom stereocenters. The third-order valence-corrected chi connectivity index (χ3v) is 1.48. The first-order valence-electron chi connectivity index (χ1n) is 3.23. The Morgan fingerprint density at radius 3 is 2.12 bits per heavy atom. The van der Waals surface area contributed by atoms with Crippen molar-refractivity contribution >= 4 is 0 Å². The standard InChI is InChI=1S/C7H12N/c1-3-8(4-2)7-5-6-7/h3-5H2,1-2H3/q+1. The van der Waals surface area contributed by atoms with Crippen LogP contribution in [0.5, 0.6) is 0 Å². The predicted molar refractivity (Wildman–Crippen MR) is 34.3 cm³/mol. The molecule has 0 spiro atoms. The lowest BCUT2D eigenvalue weighted by Crippen LogP contribution is -2.17. The van der Waals surface area contributed by atoms with E-state index in [0.29, 0.717) is 0 Å². The van der Waals surface area contributed by atoms with E-state index in [0.717, 1.165) is 19.5 Å². The Morgan fingerprint density at radius 2 is 2.00 bits per heavy atom. The molecule has 44 valence electrons. The second kappa shape index (κ2) is 2.15. The Labute approximate surface area is 51.0 Å². The molecule has 0 unspecified atom stereocenters. The number of hydrogen-bond donors (Lipinski definition) is 0. The minimum absolute atomic E-state index is 1.11. The highest BCUT2D eigenvalue weighted by Gasteiger charge is 2.33. The van der Waals surface area contributed by atoms with E-state index >= 15 is 0 Å². The Balaban J connectivity index is 2.26. The summed E-state index contributed by atoms with van der Waals surface area (Å²) in [5.74, 6) is 0. The lowest BCUT2D eigenvalue weighted by atomic mass is 10.5. The van der Waals surface area contributed by atoms with Crippen LogP contribution < -0.4 is 0 Å². The largest absolute Gasteiger partial charge is 0.329 e. The van der Waals surface area contributed by atoms with Crippen LogP contribution in [0.25, 0.3) is 0 Å². The van der Waals surface area contributed by atoms with Gasteiger partial charge in [0.05, 0.1) is 0 Å². The van der Waals surface area contributed by atoms with E-state index in [1.807, 2.05) is 0 Å². The van der Waals surface area contributed by atoms with Gasteiger partial charge in [0.1, 0.15) is 0 Å². The van der Waals surface area contributed by atoms with E-state index in [9.17, 15) is 0 Å². The monoisotopic (exact) mass is 110 g/mol. The lowest BCUT2D eigenvalue weighted by Gasteiger charge is -2.08. The fourth-order valence-corrected chi connectivity index (χ4v) is 0.868. The molecular formula is C7H12N+. The summed E-state index contributed by atoms with van der Waals surface area (Å²) < 4.78 is 0. The van der Waals surface area contributed by atoms with Crippen LogP contribution in [0, 0.1) is 6.08 Å². The Bertz CT molecular complexity index is 101. The molecule has 1 nitrogen and oxygen atoms in total. The summed E-state index contributed by atoms with van der Waals surface area (Å²) in [5.41, 5.74) is 1.41. The van der Waals surface area contributed by atoms with Gasteiger partial charge in [0.15, 0.2) is 0 Å². The van der Waals surface area contributed by atoms with E-state index in [-0.39, 0.29) is 0 Å². The molecule has 0 saturated heterocycles. The molecule has 0 aromatic rings. The quantitative estimate of drug-likeness (QED) is 0.497. The van der Waals surface area contributed by atoms with Crippen LogP contribution in [0.15, 0.2) is 5.70 Å². The summed E-state index contributed by atoms with van der Waals surface area (Å²) in [6, 6.07) is 0. The zero-order chi connectivity index (χ0) is 5.98. The van der Waals surface area contributed by atoms with Gasteiger partial charge in [-0.15, -0.1) is 0 Å². The maximum absolute atomic E-state index is 3.18. The van der Waals surface area contributed by atoms with Gasteiger partial charge in [-0.3, -0.25) is 0 Å². The van der Waals surface area contributed by atoms with Crippen LogP contribution in [-0.4, -0.2) is 18.0 Å². The van der Waals surface area contributed by atoms with Gasteiger partial charge < -0.3 is 4.90 Å². The number of hydrogen-bond acceptors (Lipinski definition) is 1. The highest BCUT2D eigenvalue weighted by atomic mass is 15.1. The first kappa shape index (κ1) is 5.58. The van der Waals surface area contributed by atoms with Gasteiger partial charge in [0.25, 0.3) is 12.5 Å². The third kappa shape index (κ3) is 0.988. The number of nitrogens with zero attached hydrogens (tertiary/aromatic N) is 1. The van der Waals surface area contributed by atoms with E-state index in [1.165, 1.54) is 5.70 Å². The van der Waals surface area contributed by atoms with Crippen molar-refractivity contribution in [2.45, 2.75) is 20.3 Å². The Morgan fingerprint density at radius 1 is 1.50 bits per heavy atom. The molecule has 0 aliphatic heterocycles. The van der Waals surface area contributed by atoms with Crippen LogP contribution in [0.3, 0.4) is 0 Å². The Hall–Kier alpha value is -0.550. The molecule has 0 amide bonds. The first-order valence-corrected chi connectivity index (χ1v) is 3.23. The summed E-state index contributed by atoms with van der Waals surface area (Å²) >= 11 is 0. The van der Waals surface area contributed by atoms with Gasteiger partial charge in [0, 0.05) is 13.1 Å². The molecule has 0 bridgehead atoms. The smallest absolute Gasteiger partial charge is 0.312 e. The SMILES string of the molecule is CCN(CC)C1=[C+]C1. The summed E-state index contributed by atoms with van der Waals surface area (Å²) in [4.78, 5) is 2.33. The summed E-state index contributed by atoms with van der Waals surface area (Å²) in [5, 5.41) is 0. The van der Waals surface area contributed by atoms with E-state index < -0.39 is 0 Å². The van der Waals surface area contributed by atoms with Crippen LogP contribution in [0.1, 0.15) is 20.3 Å². The van der Waals surface area contributed by atoms with Crippen molar-refractivity contribution < 1.29 is 0 Å². The number of allylic oxidation sites excluding steroid dienone is 2. The first-order chi connectivity index (χ1) is 3.88. The second-order valence-electron chi connectivity index (χ2n) is 1.97. The van der Waals surface area contributed by atoms with Gasteiger partial charge >= 0.3 is 5.70 Å². The zero-order valence-corrected chi connectivity index (χ0v) is 5.57. The third-order valence-electron chi connectivity index (χ3n) is 1.48. The molecule has 0 fully saturated rings. The maximum Gasteiger partial charge on any atom is 0.312 e. The Kier molecular flexibility index (Phi) is 1.50. The average molecular weight is 110 g/mol. The van der Waals surface area contributed by atoms with Crippen molar-refractivity contribution in [3.05, 3.63) is 11.8 Å². The molecule has 0 aromatic heterocycles. The fourth-order valence-electron chi connectivity index (χ4n) is 0.868. The topological polar surface area (TPSA) is 3.24 Å². The molecule has 0 N–H and O–H groups in total. The van der Waals surface area contributed by atoms with Gasteiger partial charge in [-0.25, -0.2) is 0 Å². The predicted octanol–water partition coefficient (Wildman–Crippen LogP) is 1.42. The fraction of sp³-hybridized carbons (Fsp3) is 0.714. The minimum atomic E-state index is 1.11. The van der Waals surface area contributed by atoms with Crippen molar-refractivity contribution in [1.82, 2.24) is 4.90 Å².